The standard InChI is InChI=1S/C21H35ClN4O2S.HI/c1-5-23-20(24-17-21(2,3)10-15-29(4,27)28)26-13-11-25(12-14-26)16-18-6-8-19(22)9-7-18;/h6-9H,5,10-17H2,1-4H3,(H,23,24);1H. The lowest BCUT2D eigenvalue weighted by Crippen LogP contribution is -2.52. The van der Waals surface area contributed by atoms with Crippen molar-refractivity contribution in [2.75, 3.05) is 51.3 Å². The summed E-state index contributed by atoms with van der Waals surface area (Å²) in [4.78, 5) is 9.58. The van der Waals surface area contributed by atoms with Crippen LogP contribution in [0.15, 0.2) is 29.3 Å². The Labute approximate surface area is 204 Å². The van der Waals surface area contributed by atoms with Crippen molar-refractivity contribution in [1.82, 2.24) is 15.1 Å². The summed E-state index contributed by atoms with van der Waals surface area (Å²) in [7, 11) is -2.95. The fourth-order valence-electron chi connectivity index (χ4n) is 3.22. The maximum Gasteiger partial charge on any atom is 0.194 e. The third-order valence-corrected chi connectivity index (χ3v) is 6.33. The van der Waals surface area contributed by atoms with Gasteiger partial charge in [0, 0.05) is 57.1 Å². The molecule has 0 spiro atoms. The summed E-state index contributed by atoms with van der Waals surface area (Å²) in [5, 5.41) is 4.16. The number of hydrogen-bond acceptors (Lipinski definition) is 4. The quantitative estimate of drug-likeness (QED) is 0.295. The number of hydrogen-bond donors (Lipinski definition) is 1. The molecule has 0 bridgehead atoms. The molecule has 1 fully saturated rings. The molecule has 0 saturated carbocycles. The van der Waals surface area contributed by atoms with Crippen molar-refractivity contribution < 1.29 is 8.42 Å². The molecule has 1 aliphatic rings. The highest BCUT2D eigenvalue weighted by Crippen LogP contribution is 2.22. The van der Waals surface area contributed by atoms with Crippen LogP contribution >= 0.6 is 35.6 Å². The Bertz CT molecular complexity index is 777. The van der Waals surface area contributed by atoms with Crippen molar-refractivity contribution in [2.45, 2.75) is 33.7 Å². The average Bonchev–Trinajstić information content (AvgIpc) is 2.66. The zero-order valence-electron chi connectivity index (χ0n) is 18.5. The molecule has 2 rings (SSSR count). The van der Waals surface area contributed by atoms with Crippen LogP contribution in [0.3, 0.4) is 0 Å². The van der Waals surface area contributed by atoms with Crippen LogP contribution in [0.5, 0.6) is 0 Å². The second-order valence-corrected chi connectivity index (χ2v) is 11.3. The molecule has 1 saturated heterocycles. The number of nitrogens with one attached hydrogen (secondary N) is 1. The first-order chi connectivity index (χ1) is 13.6. The minimum Gasteiger partial charge on any atom is -0.357 e. The highest BCUT2D eigenvalue weighted by Gasteiger charge is 2.23. The third-order valence-electron chi connectivity index (χ3n) is 5.13. The fourth-order valence-corrected chi connectivity index (χ4v) is 4.27. The summed E-state index contributed by atoms with van der Waals surface area (Å²) in [6.45, 7) is 12.4. The molecule has 1 aromatic carbocycles. The van der Waals surface area contributed by atoms with Crippen molar-refractivity contribution in [3.05, 3.63) is 34.9 Å². The Hall–Kier alpha value is -0.580. The topological polar surface area (TPSA) is 65.0 Å². The van der Waals surface area contributed by atoms with Crippen LogP contribution in [0.2, 0.25) is 5.02 Å². The Morgan fingerprint density at radius 2 is 1.77 bits per heavy atom. The van der Waals surface area contributed by atoms with Gasteiger partial charge in [-0.05, 0) is 36.5 Å². The molecule has 0 aromatic heterocycles. The van der Waals surface area contributed by atoms with Gasteiger partial charge in [-0.1, -0.05) is 37.6 Å². The third kappa shape index (κ3) is 10.2. The number of guanidine groups is 1. The van der Waals surface area contributed by atoms with E-state index in [2.05, 4.69) is 48.0 Å². The van der Waals surface area contributed by atoms with Gasteiger partial charge >= 0.3 is 0 Å². The molecule has 1 aromatic rings. The SMILES string of the molecule is CCNC(=NCC(C)(C)CCS(C)(=O)=O)N1CCN(Cc2ccc(Cl)cc2)CC1.I. The van der Waals surface area contributed by atoms with Crippen molar-refractivity contribution in [2.24, 2.45) is 10.4 Å². The van der Waals surface area contributed by atoms with Gasteiger partial charge in [-0.15, -0.1) is 24.0 Å². The van der Waals surface area contributed by atoms with Crippen molar-refractivity contribution >= 4 is 51.4 Å². The van der Waals surface area contributed by atoms with E-state index >= 15 is 0 Å². The number of nitrogens with zero attached hydrogens (tertiary/aromatic N) is 3. The average molecular weight is 571 g/mol. The summed E-state index contributed by atoms with van der Waals surface area (Å²) < 4.78 is 23.0. The van der Waals surface area contributed by atoms with Gasteiger partial charge in [-0.25, -0.2) is 8.42 Å². The van der Waals surface area contributed by atoms with Gasteiger partial charge in [-0.3, -0.25) is 9.89 Å². The van der Waals surface area contributed by atoms with Crippen LogP contribution in [-0.2, 0) is 16.4 Å². The van der Waals surface area contributed by atoms with Crippen molar-refractivity contribution in [3.63, 3.8) is 0 Å². The van der Waals surface area contributed by atoms with E-state index in [-0.39, 0.29) is 35.1 Å². The second kappa shape index (κ2) is 12.5. The summed E-state index contributed by atoms with van der Waals surface area (Å²) in [6, 6.07) is 8.04. The monoisotopic (exact) mass is 570 g/mol. The van der Waals surface area contributed by atoms with Crippen LogP contribution in [0.25, 0.3) is 0 Å². The highest BCUT2D eigenvalue weighted by molar-refractivity contribution is 14.0. The van der Waals surface area contributed by atoms with E-state index in [0.717, 1.165) is 50.3 Å². The molecule has 1 heterocycles. The predicted molar refractivity (Wildman–Crippen MR) is 138 cm³/mol. The van der Waals surface area contributed by atoms with E-state index < -0.39 is 9.84 Å². The normalized spacial score (nSPS) is 16.3. The minimum absolute atomic E-state index is 0. The number of rotatable bonds is 8. The van der Waals surface area contributed by atoms with Gasteiger partial charge in [0.15, 0.2) is 5.96 Å². The van der Waals surface area contributed by atoms with Gasteiger partial charge in [0.05, 0.1) is 5.75 Å². The summed E-state index contributed by atoms with van der Waals surface area (Å²) in [5.74, 6) is 1.13. The van der Waals surface area contributed by atoms with Crippen molar-refractivity contribution in [3.8, 4) is 0 Å². The van der Waals surface area contributed by atoms with Crippen LogP contribution in [0.1, 0.15) is 32.8 Å². The molecule has 0 radical (unpaired) electrons. The molecule has 1 N–H and O–H groups in total. The first-order valence-corrected chi connectivity index (χ1v) is 12.7. The number of piperazine rings is 1. The first kappa shape index (κ1) is 27.5. The Balaban J connectivity index is 0.00000450. The van der Waals surface area contributed by atoms with Crippen LogP contribution in [-0.4, -0.2) is 75.5 Å². The predicted octanol–water partition coefficient (Wildman–Crippen LogP) is 3.50. The van der Waals surface area contributed by atoms with E-state index in [1.807, 2.05) is 12.1 Å². The number of sulfone groups is 1. The second-order valence-electron chi connectivity index (χ2n) is 8.60. The molecular weight excluding hydrogens is 535 g/mol. The van der Waals surface area contributed by atoms with E-state index in [9.17, 15) is 8.42 Å². The molecule has 0 amide bonds. The summed E-state index contributed by atoms with van der Waals surface area (Å²) in [5.41, 5.74) is 1.12. The van der Waals surface area contributed by atoms with E-state index in [1.165, 1.54) is 11.8 Å². The fraction of sp³-hybridized carbons (Fsp3) is 0.667. The Morgan fingerprint density at radius 3 is 2.30 bits per heavy atom. The molecule has 6 nitrogen and oxygen atoms in total. The number of halogens is 2. The van der Waals surface area contributed by atoms with E-state index in [1.54, 1.807) is 0 Å². The lowest BCUT2D eigenvalue weighted by Gasteiger charge is -2.37. The van der Waals surface area contributed by atoms with Crippen LogP contribution < -0.4 is 5.32 Å². The molecule has 0 aliphatic carbocycles. The molecule has 9 heteroatoms. The maximum atomic E-state index is 11.5. The summed E-state index contributed by atoms with van der Waals surface area (Å²) >= 11 is 5.97. The maximum absolute atomic E-state index is 11.5. The van der Waals surface area contributed by atoms with Gasteiger partial charge in [0.1, 0.15) is 9.84 Å². The number of benzene rings is 1. The van der Waals surface area contributed by atoms with Crippen LogP contribution in [0, 0.1) is 5.41 Å². The molecule has 172 valence electrons. The van der Waals surface area contributed by atoms with Gasteiger partial charge < -0.3 is 10.2 Å². The smallest absolute Gasteiger partial charge is 0.194 e. The van der Waals surface area contributed by atoms with Crippen LogP contribution in [0.4, 0.5) is 0 Å². The molecule has 0 unspecified atom stereocenters. The minimum atomic E-state index is -2.95. The zero-order valence-corrected chi connectivity index (χ0v) is 22.4. The molecular formula is C21H36ClIN4O2S. The van der Waals surface area contributed by atoms with Gasteiger partial charge in [-0.2, -0.15) is 0 Å². The first-order valence-electron chi connectivity index (χ1n) is 10.3. The van der Waals surface area contributed by atoms with Crippen molar-refractivity contribution in [1.29, 1.82) is 0 Å². The van der Waals surface area contributed by atoms with Gasteiger partial charge in [0.25, 0.3) is 0 Å². The molecule has 30 heavy (non-hydrogen) atoms. The largest absolute Gasteiger partial charge is 0.357 e. The van der Waals surface area contributed by atoms with E-state index in [0.29, 0.717) is 13.0 Å². The lowest BCUT2D eigenvalue weighted by atomic mass is 9.90. The van der Waals surface area contributed by atoms with Gasteiger partial charge in [0.2, 0.25) is 0 Å². The Kier molecular flexibility index (Phi) is 11.4. The summed E-state index contributed by atoms with van der Waals surface area (Å²) in [6.07, 6.45) is 1.91. The highest BCUT2D eigenvalue weighted by atomic mass is 127. The molecule has 1 aliphatic heterocycles. The van der Waals surface area contributed by atoms with E-state index in [4.69, 9.17) is 16.6 Å². The zero-order chi connectivity index (χ0) is 21.5. The molecule has 0 atom stereocenters. The number of aliphatic imine (C=N–C) groups is 1. The Morgan fingerprint density at radius 1 is 1.17 bits per heavy atom. The lowest BCUT2D eigenvalue weighted by molar-refractivity contribution is 0.172.